The molecule has 0 radical (unpaired) electrons. The van der Waals surface area contributed by atoms with Gasteiger partial charge in [0.15, 0.2) is 5.65 Å². The van der Waals surface area contributed by atoms with Crippen molar-refractivity contribution in [2.75, 3.05) is 18.6 Å². The Morgan fingerprint density at radius 1 is 1.17 bits per heavy atom. The van der Waals surface area contributed by atoms with Crippen molar-refractivity contribution < 1.29 is 27.5 Å². The zero-order chi connectivity index (χ0) is 21.2. The van der Waals surface area contributed by atoms with Crippen molar-refractivity contribution in [3.8, 4) is 5.75 Å². The molecule has 152 valence electrons. The largest absolute Gasteiger partial charge is 0.491 e. The average Bonchev–Trinajstić information content (AvgIpc) is 3.06. The first-order chi connectivity index (χ1) is 13.7. The summed E-state index contributed by atoms with van der Waals surface area (Å²) in [5.41, 5.74) is 4.64. The number of carbonyl (C=O) groups is 2. The highest BCUT2D eigenvalue weighted by Crippen LogP contribution is 2.30. The Hall–Kier alpha value is -3.63. The molecular formula is C18H16F3N5O3. The Morgan fingerprint density at radius 2 is 1.90 bits per heavy atom. The number of rotatable bonds is 1. The van der Waals surface area contributed by atoms with E-state index in [0.717, 1.165) is 17.5 Å². The third-order valence-corrected chi connectivity index (χ3v) is 4.04. The summed E-state index contributed by atoms with van der Waals surface area (Å²) in [6, 6.07) is 10.9. The van der Waals surface area contributed by atoms with Crippen molar-refractivity contribution in [3.05, 3.63) is 54.0 Å². The summed E-state index contributed by atoms with van der Waals surface area (Å²) < 4.78 is 43.5. The van der Waals surface area contributed by atoms with Crippen LogP contribution in [-0.2, 0) is 11.0 Å². The molecule has 2 N–H and O–H groups in total. The number of hydrogen-bond acceptors (Lipinski definition) is 5. The molecule has 0 atom stereocenters. The van der Waals surface area contributed by atoms with E-state index < -0.39 is 23.6 Å². The van der Waals surface area contributed by atoms with E-state index >= 15 is 0 Å². The van der Waals surface area contributed by atoms with Gasteiger partial charge in [-0.05, 0) is 24.3 Å². The monoisotopic (exact) mass is 407 g/mol. The number of halogens is 3. The predicted octanol–water partition coefficient (Wildman–Crippen LogP) is 2.28. The van der Waals surface area contributed by atoms with Crippen molar-refractivity contribution in [1.82, 2.24) is 14.6 Å². The van der Waals surface area contributed by atoms with Crippen LogP contribution in [0.2, 0.25) is 0 Å². The number of anilines is 1. The Labute approximate surface area is 162 Å². The number of nitrogens with two attached hydrogens (primary N) is 1. The van der Waals surface area contributed by atoms with Gasteiger partial charge in [-0.3, -0.25) is 9.59 Å². The number of fused-ring (bicyclic) bond motifs is 2. The van der Waals surface area contributed by atoms with Gasteiger partial charge in [-0.1, -0.05) is 18.2 Å². The quantitative estimate of drug-likeness (QED) is 0.667. The number of carbonyl (C=O) groups excluding carboxylic acids is 2. The maximum absolute atomic E-state index is 12.5. The minimum absolute atomic E-state index is 0.0800. The van der Waals surface area contributed by atoms with Gasteiger partial charge < -0.3 is 15.4 Å². The van der Waals surface area contributed by atoms with Crippen LogP contribution in [0.15, 0.2) is 42.5 Å². The molecule has 0 unspecified atom stereocenters. The van der Waals surface area contributed by atoms with Crippen molar-refractivity contribution in [2.45, 2.75) is 12.6 Å². The molecule has 11 heteroatoms. The van der Waals surface area contributed by atoms with E-state index in [1.54, 1.807) is 11.9 Å². The van der Waals surface area contributed by atoms with Crippen LogP contribution in [-0.4, -0.2) is 40.1 Å². The Bertz CT molecular complexity index is 1060. The van der Waals surface area contributed by atoms with Crippen LogP contribution < -0.4 is 15.4 Å². The zero-order valence-electron chi connectivity index (χ0n) is 15.2. The zero-order valence-corrected chi connectivity index (χ0v) is 15.2. The Balaban J connectivity index is 0.000000169. The van der Waals surface area contributed by atoms with Gasteiger partial charge in [0.05, 0.1) is 18.7 Å². The Morgan fingerprint density at radius 3 is 2.59 bits per heavy atom. The smallest absolute Gasteiger partial charge is 0.433 e. The summed E-state index contributed by atoms with van der Waals surface area (Å²) in [7, 11) is 1.77. The molecule has 3 heterocycles. The van der Waals surface area contributed by atoms with Gasteiger partial charge in [0.2, 0.25) is 11.7 Å². The lowest BCUT2D eigenvalue weighted by Gasteiger charge is -2.15. The third kappa shape index (κ3) is 4.28. The summed E-state index contributed by atoms with van der Waals surface area (Å²) in [6.45, 7) is 0.472. The van der Waals surface area contributed by atoms with E-state index in [9.17, 15) is 22.8 Å². The van der Waals surface area contributed by atoms with E-state index in [0.29, 0.717) is 17.5 Å². The second kappa shape index (κ2) is 7.78. The fourth-order valence-corrected chi connectivity index (χ4v) is 2.63. The van der Waals surface area contributed by atoms with Gasteiger partial charge in [-0.25, -0.2) is 9.50 Å². The number of pyridine rings is 1. The molecule has 0 aliphatic carbocycles. The minimum atomic E-state index is -4.57. The maximum Gasteiger partial charge on any atom is 0.433 e. The number of primary amides is 1. The van der Waals surface area contributed by atoms with Gasteiger partial charge in [-0.2, -0.15) is 13.2 Å². The second-order valence-corrected chi connectivity index (χ2v) is 6.00. The van der Waals surface area contributed by atoms with Gasteiger partial charge in [0.25, 0.3) is 5.91 Å². The van der Waals surface area contributed by atoms with Gasteiger partial charge in [-0.15, -0.1) is 5.10 Å². The highest BCUT2D eigenvalue weighted by molar-refractivity contribution is 5.95. The van der Waals surface area contributed by atoms with Crippen LogP contribution >= 0.6 is 0 Å². The molecule has 1 aromatic carbocycles. The van der Waals surface area contributed by atoms with Gasteiger partial charge in [0, 0.05) is 7.05 Å². The van der Waals surface area contributed by atoms with Crippen LogP contribution in [0.4, 0.5) is 18.9 Å². The number of aromatic nitrogens is 3. The summed E-state index contributed by atoms with van der Waals surface area (Å²) in [4.78, 5) is 27.4. The number of alkyl halides is 3. The summed E-state index contributed by atoms with van der Waals surface area (Å²) in [5, 5.41) is 3.39. The van der Waals surface area contributed by atoms with Crippen LogP contribution in [0.25, 0.3) is 5.65 Å². The molecule has 0 saturated carbocycles. The van der Waals surface area contributed by atoms with E-state index in [4.69, 9.17) is 10.5 Å². The first-order valence-corrected chi connectivity index (χ1v) is 8.39. The lowest BCUT2D eigenvalue weighted by Crippen LogP contribution is -2.24. The second-order valence-electron chi connectivity index (χ2n) is 6.00. The highest BCUT2D eigenvalue weighted by atomic mass is 19.4. The lowest BCUT2D eigenvalue weighted by molar-refractivity contribution is -0.142. The molecule has 4 rings (SSSR count). The van der Waals surface area contributed by atoms with E-state index in [1.165, 1.54) is 12.1 Å². The standard InChI is InChI=1S/C10H11NO2.C8H5F3N4O/c1-11-8-4-2-3-5-9(8)13-7-6-10(11)12;9-8(10,11)4-2-1-3-5-13-7(6(12)16)14-15(4)5/h2-5H,6-7H2,1H3;1-3H,(H2,12,16). The minimum Gasteiger partial charge on any atom is -0.491 e. The number of hydrogen-bond donors (Lipinski definition) is 1. The topological polar surface area (TPSA) is 103 Å². The van der Waals surface area contributed by atoms with Crippen LogP contribution in [0, 0.1) is 0 Å². The van der Waals surface area contributed by atoms with Crippen LogP contribution in [0.3, 0.4) is 0 Å². The molecule has 2 amide bonds. The molecule has 0 fully saturated rings. The fraction of sp³-hybridized carbons (Fsp3) is 0.222. The van der Waals surface area contributed by atoms with Gasteiger partial charge in [0.1, 0.15) is 11.4 Å². The first kappa shape index (κ1) is 20.1. The van der Waals surface area contributed by atoms with Crippen molar-refractivity contribution in [2.24, 2.45) is 5.73 Å². The fourth-order valence-electron chi connectivity index (χ4n) is 2.63. The van der Waals surface area contributed by atoms with E-state index in [-0.39, 0.29) is 11.6 Å². The molecule has 29 heavy (non-hydrogen) atoms. The average molecular weight is 407 g/mol. The molecule has 1 aliphatic heterocycles. The van der Waals surface area contributed by atoms with Crippen LogP contribution in [0.1, 0.15) is 22.7 Å². The molecule has 0 spiro atoms. The SMILES string of the molecule is CN1C(=O)CCOc2ccccc21.NC(=O)c1nc2cccc(C(F)(F)F)n2n1. The van der Waals surface area contributed by atoms with Crippen molar-refractivity contribution in [3.63, 3.8) is 0 Å². The summed E-state index contributed by atoms with van der Waals surface area (Å²) >= 11 is 0. The number of nitrogens with zero attached hydrogens (tertiary/aromatic N) is 4. The van der Waals surface area contributed by atoms with Crippen molar-refractivity contribution >= 4 is 23.1 Å². The third-order valence-electron chi connectivity index (χ3n) is 4.04. The molecular weight excluding hydrogens is 391 g/mol. The number of para-hydroxylation sites is 2. The number of ether oxygens (including phenoxy) is 1. The highest BCUT2D eigenvalue weighted by Gasteiger charge is 2.34. The lowest BCUT2D eigenvalue weighted by atomic mass is 10.2. The molecule has 3 aromatic rings. The normalized spacial score (nSPS) is 13.8. The molecule has 0 saturated heterocycles. The molecule has 0 bridgehead atoms. The van der Waals surface area contributed by atoms with Crippen molar-refractivity contribution in [1.29, 1.82) is 0 Å². The van der Waals surface area contributed by atoms with Gasteiger partial charge >= 0.3 is 6.18 Å². The number of benzene rings is 1. The van der Waals surface area contributed by atoms with E-state index in [2.05, 4.69) is 10.1 Å². The number of amides is 2. The predicted molar refractivity (Wildman–Crippen MR) is 96.5 cm³/mol. The molecule has 2 aromatic heterocycles. The maximum atomic E-state index is 12.5. The summed E-state index contributed by atoms with van der Waals surface area (Å²) in [5.74, 6) is -0.533. The van der Waals surface area contributed by atoms with E-state index in [1.807, 2.05) is 24.3 Å². The first-order valence-electron chi connectivity index (χ1n) is 8.39. The summed E-state index contributed by atoms with van der Waals surface area (Å²) in [6.07, 6.45) is -4.12. The molecule has 1 aliphatic rings. The Kier molecular flexibility index (Phi) is 5.39. The van der Waals surface area contributed by atoms with Crippen LogP contribution in [0.5, 0.6) is 5.75 Å². The molecule has 8 nitrogen and oxygen atoms in total.